The van der Waals surface area contributed by atoms with Crippen molar-refractivity contribution < 1.29 is 27.0 Å². The van der Waals surface area contributed by atoms with Crippen LogP contribution >= 0.6 is 0 Å². The number of aromatic nitrogens is 2. The molecule has 9 heteroatoms. The van der Waals surface area contributed by atoms with E-state index < -0.39 is 18.4 Å². The molecule has 1 N–H and O–H groups in total. The highest BCUT2D eigenvalue weighted by Crippen LogP contribution is 2.30. The number of imidazole rings is 1. The van der Waals surface area contributed by atoms with Crippen LogP contribution in [0.3, 0.4) is 0 Å². The summed E-state index contributed by atoms with van der Waals surface area (Å²) in [6.07, 6.45) is -0.492. The fourth-order valence-corrected chi connectivity index (χ4v) is 2.38. The number of halogens is 4. The number of anilines is 1. The fourth-order valence-electron chi connectivity index (χ4n) is 2.38. The number of rotatable bonds is 6. The van der Waals surface area contributed by atoms with Crippen molar-refractivity contribution in [3.05, 3.63) is 48.7 Å². The van der Waals surface area contributed by atoms with Gasteiger partial charge in [-0.05, 0) is 12.1 Å². The Morgan fingerprint density at radius 3 is 2.69 bits per heavy atom. The summed E-state index contributed by atoms with van der Waals surface area (Å²) in [6.45, 7) is -0.299. The van der Waals surface area contributed by atoms with Crippen LogP contribution in [-0.2, 0) is 0 Å². The summed E-state index contributed by atoms with van der Waals surface area (Å²) in [5.41, 5.74) is 0.839. The van der Waals surface area contributed by atoms with Crippen molar-refractivity contribution in [3.63, 3.8) is 0 Å². The van der Waals surface area contributed by atoms with E-state index in [4.69, 9.17) is 9.47 Å². The number of methoxy groups -OCH3 is 1. The van der Waals surface area contributed by atoms with Gasteiger partial charge in [0.15, 0.2) is 17.2 Å². The fraction of sp³-hybridized carbons (Fsp3) is 0.235. The topological polar surface area (TPSA) is 47.8 Å². The number of alkyl halides is 3. The molecule has 2 heterocycles. The number of nitrogens with zero attached hydrogens (tertiary/aromatic N) is 2. The summed E-state index contributed by atoms with van der Waals surface area (Å²) >= 11 is 0. The standard InChI is InChI=1S/C17H15F4N3O2/c1-25-15-3-2-11(8-13(15)18)26-12-9-14(22-5-4-17(19,20)21)16-23-6-7-24(16)10-12/h2-3,6-10,22H,4-5H2,1H3. The minimum atomic E-state index is -4.26. The van der Waals surface area contributed by atoms with Gasteiger partial charge in [0.05, 0.1) is 25.4 Å². The number of pyridine rings is 1. The SMILES string of the molecule is COc1ccc(Oc2cc(NCCC(F)(F)F)c3nccn3c2)cc1F. The van der Waals surface area contributed by atoms with Gasteiger partial charge in [-0.15, -0.1) is 0 Å². The molecule has 0 aliphatic rings. The number of ether oxygens (including phenoxy) is 2. The van der Waals surface area contributed by atoms with Crippen molar-refractivity contribution in [2.75, 3.05) is 19.0 Å². The molecular weight excluding hydrogens is 354 g/mol. The van der Waals surface area contributed by atoms with Crippen molar-refractivity contribution in [1.82, 2.24) is 9.38 Å². The van der Waals surface area contributed by atoms with Crippen molar-refractivity contribution >= 4 is 11.3 Å². The molecule has 0 saturated carbocycles. The summed E-state index contributed by atoms with van der Waals surface area (Å²) < 4.78 is 62.9. The predicted molar refractivity (Wildman–Crippen MR) is 87.4 cm³/mol. The molecule has 3 rings (SSSR count). The first-order valence-corrected chi connectivity index (χ1v) is 7.64. The minimum absolute atomic E-state index is 0.0805. The van der Waals surface area contributed by atoms with E-state index in [-0.39, 0.29) is 18.0 Å². The molecule has 26 heavy (non-hydrogen) atoms. The second-order valence-electron chi connectivity index (χ2n) is 5.44. The molecule has 5 nitrogen and oxygen atoms in total. The van der Waals surface area contributed by atoms with Crippen LogP contribution in [0.4, 0.5) is 23.2 Å². The van der Waals surface area contributed by atoms with Crippen LogP contribution in [0.5, 0.6) is 17.2 Å². The van der Waals surface area contributed by atoms with Gasteiger partial charge in [-0.25, -0.2) is 9.37 Å². The highest BCUT2D eigenvalue weighted by molar-refractivity contribution is 5.69. The van der Waals surface area contributed by atoms with Gasteiger partial charge in [-0.3, -0.25) is 0 Å². The zero-order valence-corrected chi connectivity index (χ0v) is 13.7. The Morgan fingerprint density at radius 2 is 2.00 bits per heavy atom. The first-order valence-electron chi connectivity index (χ1n) is 7.64. The van der Waals surface area contributed by atoms with Crippen molar-refractivity contribution in [2.24, 2.45) is 0 Å². The summed E-state index contributed by atoms with van der Waals surface area (Å²) in [4.78, 5) is 4.11. The maximum Gasteiger partial charge on any atom is 0.390 e. The lowest BCUT2D eigenvalue weighted by atomic mass is 10.3. The number of fused-ring (bicyclic) bond motifs is 1. The molecule has 0 bridgehead atoms. The van der Waals surface area contributed by atoms with Gasteiger partial charge < -0.3 is 19.2 Å². The van der Waals surface area contributed by atoms with E-state index in [0.29, 0.717) is 17.1 Å². The van der Waals surface area contributed by atoms with Crippen LogP contribution in [0.15, 0.2) is 42.9 Å². The van der Waals surface area contributed by atoms with E-state index in [1.807, 2.05) is 0 Å². The quantitative estimate of drug-likeness (QED) is 0.643. The van der Waals surface area contributed by atoms with E-state index in [1.165, 1.54) is 31.5 Å². The zero-order valence-electron chi connectivity index (χ0n) is 13.7. The molecule has 0 spiro atoms. The third-order valence-electron chi connectivity index (χ3n) is 3.55. The lowest BCUT2D eigenvalue weighted by Crippen LogP contribution is -2.15. The smallest absolute Gasteiger partial charge is 0.390 e. The largest absolute Gasteiger partial charge is 0.494 e. The molecule has 0 fully saturated rings. The molecule has 0 aliphatic heterocycles. The molecule has 0 unspecified atom stereocenters. The Hall–Kier alpha value is -2.97. The average Bonchev–Trinajstić information content (AvgIpc) is 3.02. The number of benzene rings is 1. The van der Waals surface area contributed by atoms with Crippen LogP contribution in [0, 0.1) is 5.82 Å². The molecule has 0 atom stereocenters. The highest BCUT2D eigenvalue weighted by atomic mass is 19.4. The van der Waals surface area contributed by atoms with E-state index >= 15 is 0 Å². The first kappa shape index (κ1) is 17.8. The van der Waals surface area contributed by atoms with Gasteiger partial charge in [-0.1, -0.05) is 0 Å². The zero-order chi connectivity index (χ0) is 18.7. The lowest BCUT2D eigenvalue weighted by Gasteiger charge is -2.13. The van der Waals surface area contributed by atoms with Gasteiger partial charge in [0.2, 0.25) is 0 Å². The van der Waals surface area contributed by atoms with Gasteiger partial charge in [0, 0.05) is 31.1 Å². The van der Waals surface area contributed by atoms with Gasteiger partial charge in [-0.2, -0.15) is 13.2 Å². The number of hydrogen-bond acceptors (Lipinski definition) is 4. The summed E-state index contributed by atoms with van der Waals surface area (Å²) in [5.74, 6) is 0.0349. The first-order chi connectivity index (χ1) is 12.4. The summed E-state index contributed by atoms with van der Waals surface area (Å²) in [6, 6.07) is 5.62. The molecule has 0 amide bonds. The highest BCUT2D eigenvalue weighted by Gasteiger charge is 2.26. The van der Waals surface area contributed by atoms with E-state index in [0.717, 1.165) is 6.07 Å². The Labute approximate surface area is 146 Å². The molecule has 3 aromatic rings. The summed E-state index contributed by atoms with van der Waals surface area (Å²) in [7, 11) is 1.35. The maximum absolute atomic E-state index is 13.8. The van der Waals surface area contributed by atoms with Gasteiger partial charge in [0.1, 0.15) is 11.5 Å². The Balaban J connectivity index is 1.83. The van der Waals surface area contributed by atoms with Crippen LogP contribution < -0.4 is 14.8 Å². The minimum Gasteiger partial charge on any atom is -0.494 e. The van der Waals surface area contributed by atoms with Crippen molar-refractivity contribution in [2.45, 2.75) is 12.6 Å². The monoisotopic (exact) mass is 369 g/mol. The third kappa shape index (κ3) is 4.16. The third-order valence-corrected chi connectivity index (χ3v) is 3.55. The van der Waals surface area contributed by atoms with Crippen LogP contribution in [0.25, 0.3) is 5.65 Å². The molecule has 138 valence electrons. The van der Waals surface area contributed by atoms with Crippen molar-refractivity contribution in [3.8, 4) is 17.2 Å². The summed E-state index contributed by atoms with van der Waals surface area (Å²) in [5, 5.41) is 2.71. The normalized spacial score (nSPS) is 11.6. The van der Waals surface area contributed by atoms with E-state index in [1.54, 1.807) is 16.8 Å². The second-order valence-corrected chi connectivity index (χ2v) is 5.44. The van der Waals surface area contributed by atoms with Crippen LogP contribution in [-0.4, -0.2) is 29.2 Å². The van der Waals surface area contributed by atoms with E-state index in [2.05, 4.69) is 10.3 Å². The average molecular weight is 369 g/mol. The number of hydrogen-bond donors (Lipinski definition) is 1. The lowest BCUT2D eigenvalue weighted by molar-refractivity contribution is -0.131. The second kappa shape index (κ2) is 7.11. The molecule has 0 aliphatic carbocycles. The maximum atomic E-state index is 13.8. The van der Waals surface area contributed by atoms with Gasteiger partial charge >= 0.3 is 6.18 Å². The molecule has 1 aromatic carbocycles. The van der Waals surface area contributed by atoms with Crippen LogP contribution in [0.2, 0.25) is 0 Å². The molecule has 0 radical (unpaired) electrons. The van der Waals surface area contributed by atoms with Crippen LogP contribution in [0.1, 0.15) is 6.42 Å². The predicted octanol–water partition coefficient (Wildman–Crippen LogP) is 4.64. The molecule has 0 saturated heterocycles. The van der Waals surface area contributed by atoms with Gasteiger partial charge in [0.25, 0.3) is 0 Å². The Morgan fingerprint density at radius 1 is 1.19 bits per heavy atom. The van der Waals surface area contributed by atoms with Crippen molar-refractivity contribution in [1.29, 1.82) is 0 Å². The molecular formula is C17H15F4N3O2. The Bertz CT molecular complexity index is 909. The Kier molecular flexibility index (Phi) is 4.88. The molecule has 2 aromatic heterocycles. The van der Waals surface area contributed by atoms with E-state index in [9.17, 15) is 17.6 Å². The number of nitrogens with one attached hydrogen (secondary N) is 1.